The Labute approximate surface area is 191 Å². The molecule has 2 aromatic carbocycles. The number of nitrogens with zero attached hydrogens (tertiary/aromatic N) is 4. The Morgan fingerprint density at radius 3 is 2.50 bits per heavy atom. The van der Waals surface area contributed by atoms with E-state index in [1.54, 1.807) is 13.3 Å². The van der Waals surface area contributed by atoms with E-state index >= 15 is 0 Å². The van der Waals surface area contributed by atoms with Gasteiger partial charge in [-0.15, -0.1) is 10.2 Å². The monoisotopic (exact) mass is 447 g/mol. The minimum absolute atomic E-state index is 0.120. The minimum atomic E-state index is -0.120. The fourth-order valence-corrected chi connectivity index (χ4v) is 3.61. The van der Waals surface area contributed by atoms with Crippen molar-refractivity contribution in [1.29, 1.82) is 0 Å². The van der Waals surface area contributed by atoms with E-state index in [0.29, 0.717) is 22.4 Å². The number of hydrogen-bond acceptors (Lipinski definition) is 6. The van der Waals surface area contributed by atoms with Gasteiger partial charge in [-0.05, 0) is 36.4 Å². The molecule has 4 rings (SSSR count). The summed E-state index contributed by atoms with van der Waals surface area (Å²) in [6.07, 6.45) is 1.71. The van der Waals surface area contributed by atoms with E-state index in [-0.39, 0.29) is 11.7 Å². The molecule has 4 aromatic rings. The maximum Gasteiger partial charge on any atom is 0.234 e. The lowest BCUT2D eigenvalue weighted by molar-refractivity contribution is -0.113. The maximum absolute atomic E-state index is 12.4. The van der Waals surface area contributed by atoms with Gasteiger partial charge < -0.3 is 10.1 Å². The highest BCUT2D eigenvalue weighted by molar-refractivity contribution is 7.99. The Morgan fingerprint density at radius 2 is 1.78 bits per heavy atom. The third-order valence-corrected chi connectivity index (χ3v) is 5.16. The van der Waals surface area contributed by atoms with Gasteiger partial charge in [-0.25, -0.2) is 0 Å². The summed E-state index contributed by atoms with van der Waals surface area (Å²) in [6, 6.07) is 22.6. The number of methoxy groups -OCH3 is 1. The van der Waals surface area contributed by atoms with Gasteiger partial charge in [0, 0.05) is 18.0 Å². The summed E-state index contributed by atoms with van der Waals surface area (Å²) in [6.45, 7) is 4.00. The lowest BCUT2D eigenvalue weighted by Crippen LogP contribution is -2.14. The molecule has 164 valence electrons. The molecule has 0 unspecified atom stereocenters. The molecule has 32 heavy (non-hydrogen) atoms. The summed E-state index contributed by atoms with van der Waals surface area (Å²) in [5.74, 6) is 1.38. The normalized spacial score (nSPS) is 10.1. The third kappa shape index (κ3) is 5.73. The Morgan fingerprint density at radius 1 is 1.00 bits per heavy atom. The first-order chi connectivity index (χ1) is 15.7. The van der Waals surface area contributed by atoms with Crippen molar-refractivity contribution in [2.24, 2.45) is 0 Å². The SMILES string of the molecule is CC.COc1cccc(-n2c(SCC(=O)Nc3ccccc3)nnc2-c2ccccn2)c1. The number of pyridine rings is 1. The van der Waals surface area contributed by atoms with Gasteiger partial charge in [-0.3, -0.25) is 14.3 Å². The van der Waals surface area contributed by atoms with Crippen molar-refractivity contribution in [2.45, 2.75) is 19.0 Å². The molecule has 7 nitrogen and oxygen atoms in total. The molecular weight excluding hydrogens is 422 g/mol. The zero-order valence-electron chi connectivity index (χ0n) is 18.2. The van der Waals surface area contributed by atoms with Gasteiger partial charge in [-0.2, -0.15) is 0 Å². The number of thioether (sulfide) groups is 1. The van der Waals surface area contributed by atoms with E-state index < -0.39 is 0 Å². The number of anilines is 1. The summed E-state index contributed by atoms with van der Waals surface area (Å²) >= 11 is 1.31. The van der Waals surface area contributed by atoms with E-state index in [2.05, 4.69) is 20.5 Å². The van der Waals surface area contributed by atoms with Crippen molar-refractivity contribution in [1.82, 2.24) is 19.7 Å². The molecule has 1 N–H and O–H groups in total. The number of benzene rings is 2. The quantitative estimate of drug-likeness (QED) is 0.397. The van der Waals surface area contributed by atoms with Crippen LogP contribution >= 0.6 is 11.8 Å². The van der Waals surface area contributed by atoms with Gasteiger partial charge in [0.15, 0.2) is 11.0 Å². The molecular formula is C24H25N5O2S. The molecule has 0 aliphatic rings. The van der Waals surface area contributed by atoms with Gasteiger partial charge in [0.05, 0.1) is 18.6 Å². The van der Waals surface area contributed by atoms with Crippen LogP contribution in [-0.2, 0) is 4.79 Å². The lowest BCUT2D eigenvalue weighted by Gasteiger charge is -2.11. The minimum Gasteiger partial charge on any atom is -0.497 e. The first kappa shape index (κ1) is 23.0. The van der Waals surface area contributed by atoms with Crippen LogP contribution in [0.2, 0.25) is 0 Å². The van der Waals surface area contributed by atoms with Crippen molar-refractivity contribution in [3.63, 3.8) is 0 Å². The van der Waals surface area contributed by atoms with Crippen LogP contribution in [0, 0.1) is 0 Å². The predicted molar refractivity (Wildman–Crippen MR) is 128 cm³/mol. The second kappa shape index (κ2) is 11.7. The van der Waals surface area contributed by atoms with Crippen molar-refractivity contribution in [3.05, 3.63) is 79.0 Å². The average molecular weight is 448 g/mol. The number of hydrogen-bond donors (Lipinski definition) is 1. The Kier molecular flexibility index (Phi) is 8.39. The molecule has 2 heterocycles. The molecule has 0 spiro atoms. The molecule has 0 aliphatic heterocycles. The highest BCUT2D eigenvalue weighted by Gasteiger charge is 2.18. The lowest BCUT2D eigenvalue weighted by atomic mass is 10.2. The summed E-state index contributed by atoms with van der Waals surface area (Å²) < 4.78 is 7.24. The summed E-state index contributed by atoms with van der Waals surface area (Å²) in [7, 11) is 1.62. The van der Waals surface area contributed by atoms with E-state index in [9.17, 15) is 4.79 Å². The highest BCUT2D eigenvalue weighted by atomic mass is 32.2. The average Bonchev–Trinajstić information content (AvgIpc) is 3.29. The standard InChI is InChI=1S/C22H19N5O2S.C2H6/c1-29-18-11-7-10-17(14-18)27-21(19-12-5-6-13-23-19)25-26-22(27)30-15-20(28)24-16-8-3-2-4-9-16;1-2/h2-14H,15H2,1H3,(H,24,28);1-2H3. The number of aromatic nitrogens is 4. The third-order valence-electron chi connectivity index (χ3n) is 4.23. The zero-order chi connectivity index (χ0) is 22.8. The second-order valence-corrected chi connectivity index (χ2v) is 7.20. The van der Waals surface area contributed by atoms with Crippen molar-refractivity contribution >= 4 is 23.4 Å². The fraction of sp³-hybridized carbons (Fsp3) is 0.167. The predicted octanol–water partition coefficient (Wildman–Crippen LogP) is 5.09. The van der Waals surface area contributed by atoms with E-state index in [1.165, 1.54) is 11.8 Å². The second-order valence-electron chi connectivity index (χ2n) is 6.26. The van der Waals surface area contributed by atoms with Crippen LogP contribution in [0.5, 0.6) is 5.75 Å². The molecule has 0 radical (unpaired) electrons. The zero-order valence-corrected chi connectivity index (χ0v) is 19.0. The number of ether oxygens (including phenoxy) is 1. The molecule has 0 atom stereocenters. The molecule has 0 fully saturated rings. The molecule has 0 bridgehead atoms. The van der Waals surface area contributed by atoms with Crippen molar-refractivity contribution in [2.75, 3.05) is 18.2 Å². The first-order valence-corrected chi connectivity index (χ1v) is 11.2. The number of rotatable bonds is 7. The Bertz CT molecular complexity index is 1130. The van der Waals surface area contributed by atoms with E-state index in [0.717, 1.165) is 11.4 Å². The highest BCUT2D eigenvalue weighted by Crippen LogP contribution is 2.28. The molecule has 8 heteroatoms. The van der Waals surface area contributed by atoms with Crippen LogP contribution in [0.1, 0.15) is 13.8 Å². The van der Waals surface area contributed by atoms with E-state index in [4.69, 9.17) is 4.74 Å². The Hall–Kier alpha value is -3.65. The smallest absolute Gasteiger partial charge is 0.234 e. The van der Waals surface area contributed by atoms with Crippen LogP contribution in [0.25, 0.3) is 17.2 Å². The number of amides is 1. The Balaban J connectivity index is 0.00000141. The van der Waals surface area contributed by atoms with Gasteiger partial charge in [0.1, 0.15) is 11.4 Å². The van der Waals surface area contributed by atoms with Gasteiger partial charge in [0.2, 0.25) is 5.91 Å². The topological polar surface area (TPSA) is 81.9 Å². The van der Waals surface area contributed by atoms with Crippen LogP contribution in [-0.4, -0.2) is 38.5 Å². The summed E-state index contributed by atoms with van der Waals surface area (Å²) in [4.78, 5) is 16.8. The molecule has 2 aromatic heterocycles. The number of carbonyl (C=O) groups excluding carboxylic acids is 1. The first-order valence-electron chi connectivity index (χ1n) is 10.2. The fourth-order valence-electron chi connectivity index (χ4n) is 2.86. The van der Waals surface area contributed by atoms with Crippen molar-refractivity contribution < 1.29 is 9.53 Å². The molecule has 0 aliphatic carbocycles. The van der Waals surface area contributed by atoms with Crippen LogP contribution in [0.15, 0.2) is 84.1 Å². The number of nitrogens with one attached hydrogen (secondary N) is 1. The van der Waals surface area contributed by atoms with Gasteiger partial charge >= 0.3 is 0 Å². The van der Waals surface area contributed by atoms with Gasteiger partial charge in [0.25, 0.3) is 0 Å². The molecule has 0 saturated heterocycles. The van der Waals surface area contributed by atoms with E-state index in [1.807, 2.05) is 91.2 Å². The summed E-state index contributed by atoms with van der Waals surface area (Å²) in [5, 5.41) is 12.1. The van der Waals surface area contributed by atoms with Crippen LogP contribution in [0.3, 0.4) is 0 Å². The molecule has 0 saturated carbocycles. The summed E-state index contributed by atoms with van der Waals surface area (Å²) in [5.41, 5.74) is 2.27. The maximum atomic E-state index is 12.4. The van der Waals surface area contributed by atoms with Crippen LogP contribution < -0.4 is 10.1 Å². The van der Waals surface area contributed by atoms with Crippen molar-refractivity contribution in [3.8, 4) is 23.0 Å². The van der Waals surface area contributed by atoms with Gasteiger partial charge in [-0.1, -0.05) is 55.9 Å². The number of carbonyl (C=O) groups is 1. The molecule has 1 amide bonds. The number of para-hydroxylation sites is 1. The van der Waals surface area contributed by atoms with Crippen LogP contribution in [0.4, 0.5) is 5.69 Å². The largest absolute Gasteiger partial charge is 0.497 e.